The van der Waals surface area contributed by atoms with Crippen molar-refractivity contribution in [2.75, 3.05) is 5.32 Å². The summed E-state index contributed by atoms with van der Waals surface area (Å²) in [5.41, 5.74) is -0.482. The zero-order valence-electron chi connectivity index (χ0n) is 25.1. The second-order valence-corrected chi connectivity index (χ2v) is 10.3. The van der Waals surface area contributed by atoms with E-state index < -0.39 is 76.5 Å². The van der Waals surface area contributed by atoms with E-state index in [-0.39, 0.29) is 17.4 Å². The van der Waals surface area contributed by atoms with Crippen molar-refractivity contribution in [1.29, 1.82) is 0 Å². The lowest BCUT2D eigenvalue weighted by atomic mass is 10.1. The lowest BCUT2D eigenvalue weighted by Crippen LogP contribution is -2.54. The summed E-state index contributed by atoms with van der Waals surface area (Å²) in [6, 6.07) is 10.2. The molecular formula is C31H25F6N3O9. The van der Waals surface area contributed by atoms with Crippen LogP contribution in [0.25, 0.3) is 0 Å². The number of rotatable bonds is 10. The molecule has 0 fully saturated rings. The molecule has 3 aromatic carbocycles. The van der Waals surface area contributed by atoms with Gasteiger partial charge in [0.05, 0.1) is 22.3 Å². The van der Waals surface area contributed by atoms with Crippen LogP contribution in [0.15, 0.2) is 72.8 Å². The summed E-state index contributed by atoms with van der Waals surface area (Å²) >= 11 is 0. The maximum atomic E-state index is 13.2. The van der Waals surface area contributed by atoms with Gasteiger partial charge in [-0.3, -0.25) is 25.2 Å². The number of amides is 3. The Balaban J connectivity index is 1.88. The van der Waals surface area contributed by atoms with Gasteiger partial charge in [0.25, 0.3) is 11.8 Å². The number of hydrazine groups is 1. The molecule has 260 valence electrons. The number of nitrogens with one attached hydrogen (secondary N) is 3. The summed E-state index contributed by atoms with van der Waals surface area (Å²) in [5.74, 6) is -9.00. The number of halogens is 6. The van der Waals surface area contributed by atoms with E-state index >= 15 is 0 Å². The van der Waals surface area contributed by atoms with Crippen LogP contribution in [0.1, 0.15) is 56.0 Å². The second-order valence-electron chi connectivity index (χ2n) is 10.3. The van der Waals surface area contributed by atoms with Crippen LogP contribution in [0.2, 0.25) is 0 Å². The second kappa shape index (κ2) is 15.3. The van der Waals surface area contributed by atoms with Crippen molar-refractivity contribution in [2.45, 2.75) is 38.4 Å². The van der Waals surface area contributed by atoms with Crippen LogP contribution in [0.5, 0.6) is 0 Å². The minimum atomic E-state index is -4.93. The fourth-order valence-corrected chi connectivity index (χ4v) is 3.76. The average molecular weight is 698 g/mol. The summed E-state index contributed by atoms with van der Waals surface area (Å²) in [5, 5.41) is 12.4. The third kappa shape index (κ3) is 10.3. The normalized spacial score (nSPS) is 12.7. The molecule has 0 saturated carbocycles. The topological polar surface area (TPSA) is 177 Å². The fourth-order valence-electron chi connectivity index (χ4n) is 3.76. The molecule has 0 radical (unpaired) electrons. The first kappa shape index (κ1) is 37.5. The molecule has 49 heavy (non-hydrogen) atoms. The van der Waals surface area contributed by atoms with E-state index in [0.29, 0.717) is 30.0 Å². The molecule has 0 aliphatic carbocycles. The highest BCUT2D eigenvalue weighted by Gasteiger charge is 2.42. The number of benzene rings is 3. The number of ether oxygens (including phenoxy) is 2. The Morgan fingerprint density at radius 1 is 0.633 bits per heavy atom. The molecule has 12 nitrogen and oxygen atoms in total. The van der Waals surface area contributed by atoms with Crippen LogP contribution in [0.4, 0.5) is 32.0 Å². The van der Waals surface area contributed by atoms with Crippen LogP contribution in [-0.2, 0) is 36.2 Å². The number of carbonyl (C=O) groups is 6. The highest BCUT2D eigenvalue weighted by Crippen LogP contribution is 2.31. The highest BCUT2D eigenvalue weighted by molar-refractivity contribution is 5.99. The quantitative estimate of drug-likeness (QED) is 0.134. The lowest BCUT2D eigenvalue weighted by Gasteiger charge is -2.24. The maximum absolute atomic E-state index is 13.2. The number of esters is 2. The van der Waals surface area contributed by atoms with Crippen molar-refractivity contribution in [2.24, 2.45) is 5.92 Å². The first-order valence-corrected chi connectivity index (χ1v) is 13.8. The van der Waals surface area contributed by atoms with Gasteiger partial charge in [0, 0.05) is 17.2 Å². The number of alkyl halides is 6. The predicted molar refractivity (Wildman–Crippen MR) is 154 cm³/mol. The molecule has 0 saturated heterocycles. The van der Waals surface area contributed by atoms with E-state index in [2.05, 4.69) is 5.32 Å². The molecule has 0 spiro atoms. The third-order valence-corrected chi connectivity index (χ3v) is 6.33. The van der Waals surface area contributed by atoms with Gasteiger partial charge in [0.2, 0.25) is 18.1 Å². The number of anilines is 1. The van der Waals surface area contributed by atoms with Gasteiger partial charge in [-0.05, 0) is 60.7 Å². The predicted octanol–water partition coefficient (Wildman–Crippen LogP) is 4.62. The SMILES string of the molecule is CC(C)C(=O)Nc1ccc(C(=O)NNC(=O)[C@H](OC(=O)c2cccc(C(F)(F)F)c2)[C@H](OC(=O)c2cccc(C(F)(F)F)c2)C(=O)O)cc1. The molecule has 18 heteroatoms. The Morgan fingerprint density at radius 2 is 1.10 bits per heavy atom. The molecule has 3 amide bonds. The van der Waals surface area contributed by atoms with Crippen molar-refractivity contribution in [3.05, 3.63) is 101 Å². The average Bonchev–Trinajstić information content (AvgIpc) is 3.04. The fraction of sp³-hybridized carbons (Fsp3) is 0.226. The molecule has 2 atom stereocenters. The van der Waals surface area contributed by atoms with Crippen LogP contribution < -0.4 is 16.2 Å². The third-order valence-electron chi connectivity index (χ3n) is 6.33. The Labute approximate surface area is 272 Å². The van der Waals surface area contributed by atoms with E-state index in [4.69, 9.17) is 9.47 Å². The Morgan fingerprint density at radius 3 is 1.53 bits per heavy atom. The first-order chi connectivity index (χ1) is 22.8. The van der Waals surface area contributed by atoms with E-state index in [1.54, 1.807) is 19.3 Å². The molecule has 0 aromatic heterocycles. The van der Waals surface area contributed by atoms with E-state index in [1.165, 1.54) is 24.3 Å². The van der Waals surface area contributed by atoms with Gasteiger partial charge in [0.15, 0.2) is 0 Å². The van der Waals surface area contributed by atoms with Crippen molar-refractivity contribution in [3.8, 4) is 0 Å². The van der Waals surface area contributed by atoms with Crippen LogP contribution in [-0.4, -0.2) is 52.9 Å². The van der Waals surface area contributed by atoms with Gasteiger partial charge in [-0.15, -0.1) is 0 Å². The zero-order valence-corrected chi connectivity index (χ0v) is 25.1. The molecule has 4 N–H and O–H groups in total. The summed E-state index contributed by atoms with van der Waals surface area (Å²) in [7, 11) is 0. The highest BCUT2D eigenvalue weighted by atomic mass is 19.4. The lowest BCUT2D eigenvalue weighted by molar-refractivity contribution is -0.159. The number of hydrogen-bond acceptors (Lipinski definition) is 8. The monoisotopic (exact) mass is 697 g/mol. The molecule has 0 heterocycles. The summed E-state index contributed by atoms with van der Waals surface area (Å²) in [6.45, 7) is 3.29. The van der Waals surface area contributed by atoms with E-state index in [0.717, 1.165) is 24.3 Å². The number of hydrogen-bond donors (Lipinski definition) is 4. The van der Waals surface area contributed by atoms with Gasteiger partial charge in [-0.2, -0.15) is 26.3 Å². The van der Waals surface area contributed by atoms with Gasteiger partial charge in [-0.25, -0.2) is 14.4 Å². The Kier molecular flexibility index (Phi) is 11.7. The summed E-state index contributed by atoms with van der Waals surface area (Å²) in [6.07, 6.45) is -15.4. The molecule has 0 unspecified atom stereocenters. The molecule has 3 aromatic rings. The van der Waals surface area contributed by atoms with Gasteiger partial charge < -0.3 is 19.9 Å². The smallest absolute Gasteiger partial charge is 0.416 e. The minimum absolute atomic E-state index is 0.119. The van der Waals surface area contributed by atoms with Crippen LogP contribution >= 0.6 is 0 Å². The van der Waals surface area contributed by atoms with Crippen molar-refractivity contribution in [1.82, 2.24) is 10.9 Å². The number of carboxylic acid groups (broad SMARTS) is 1. The molecule has 3 rings (SSSR count). The largest absolute Gasteiger partial charge is 0.478 e. The number of aliphatic carboxylic acids is 1. The minimum Gasteiger partial charge on any atom is -0.478 e. The van der Waals surface area contributed by atoms with E-state index in [1.807, 2.05) is 5.43 Å². The summed E-state index contributed by atoms with van der Waals surface area (Å²) in [4.78, 5) is 75.3. The molecular weight excluding hydrogens is 672 g/mol. The molecule has 0 aliphatic rings. The Bertz CT molecular complexity index is 1740. The number of carbonyl (C=O) groups excluding carboxylic acids is 5. The van der Waals surface area contributed by atoms with Crippen molar-refractivity contribution >= 4 is 41.3 Å². The zero-order chi connectivity index (χ0) is 36.7. The maximum Gasteiger partial charge on any atom is 0.416 e. The standard InChI is InChI=1S/C31H25F6N3O9/c1-15(2)24(41)38-21-11-9-16(10-12-21)25(42)39-40-26(43)22(48-28(46)17-5-3-7-19(13-17)30(32,33)34)23(27(44)45)49-29(47)18-6-4-8-20(14-18)31(35,36)37/h3-15,22-23H,1-2H3,(H,38,41)(H,39,42)(H,40,43)(H,44,45)/t22-,23+/m1/s1. The van der Waals surface area contributed by atoms with Crippen LogP contribution in [0, 0.1) is 5.92 Å². The van der Waals surface area contributed by atoms with Crippen LogP contribution in [0.3, 0.4) is 0 Å². The Hall–Kier alpha value is -5.94. The van der Waals surface area contributed by atoms with E-state index in [9.17, 15) is 60.2 Å². The molecule has 0 aliphatic heterocycles. The van der Waals surface area contributed by atoms with Gasteiger partial charge in [-0.1, -0.05) is 26.0 Å². The molecule has 0 bridgehead atoms. The van der Waals surface area contributed by atoms with Gasteiger partial charge in [0.1, 0.15) is 0 Å². The number of carboxylic acids is 1. The van der Waals surface area contributed by atoms with Crippen molar-refractivity contribution < 1.29 is 69.7 Å². The first-order valence-electron chi connectivity index (χ1n) is 13.8. The summed E-state index contributed by atoms with van der Waals surface area (Å²) < 4.78 is 88.7. The van der Waals surface area contributed by atoms with Gasteiger partial charge >= 0.3 is 30.3 Å². The van der Waals surface area contributed by atoms with Crippen molar-refractivity contribution in [3.63, 3.8) is 0 Å².